The summed E-state index contributed by atoms with van der Waals surface area (Å²) < 4.78 is 0. The molecule has 1 rings (SSSR count). The minimum atomic E-state index is -0.621. The summed E-state index contributed by atoms with van der Waals surface area (Å²) in [5, 5.41) is 8.92. The van der Waals surface area contributed by atoms with E-state index in [-0.39, 0.29) is 5.92 Å². The lowest BCUT2D eigenvalue weighted by molar-refractivity contribution is -0.142. The fraction of sp³-hybridized carbons (Fsp3) is 0.900. The summed E-state index contributed by atoms with van der Waals surface area (Å²) in [7, 11) is 0. The van der Waals surface area contributed by atoms with Crippen molar-refractivity contribution in [3.05, 3.63) is 0 Å². The minimum Gasteiger partial charge on any atom is -0.481 e. The van der Waals surface area contributed by atoms with Crippen LogP contribution in [0.25, 0.3) is 0 Å². The smallest absolute Gasteiger partial charge is 0.306 e. The molecule has 0 heterocycles. The normalized spacial score (nSPS) is 18.5. The number of hydrogen-bond acceptors (Lipinski definition) is 2. The number of carbonyl (C=O) groups is 1. The van der Waals surface area contributed by atoms with Crippen molar-refractivity contribution in [2.45, 2.75) is 38.5 Å². The van der Waals surface area contributed by atoms with Gasteiger partial charge in [0.05, 0.1) is 5.92 Å². The first-order valence-electron chi connectivity index (χ1n) is 5.17. The molecule has 1 fully saturated rings. The van der Waals surface area contributed by atoms with Gasteiger partial charge < -0.3 is 10.8 Å². The summed E-state index contributed by atoms with van der Waals surface area (Å²) in [5.74, 6) is -0.0260. The van der Waals surface area contributed by atoms with Gasteiger partial charge in [-0.15, -0.1) is 0 Å². The Morgan fingerprint density at radius 3 is 2.62 bits per heavy atom. The van der Waals surface area contributed by atoms with E-state index in [0.29, 0.717) is 12.5 Å². The maximum Gasteiger partial charge on any atom is 0.306 e. The highest BCUT2D eigenvalue weighted by Crippen LogP contribution is 2.36. The molecular formula is C10H19NO2. The summed E-state index contributed by atoms with van der Waals surface area (Å²) in [5.41, 5.74) is 5.36. The Morgan fingerprint density at radius 2 is 2.15 bits per heavy atom. The summed E-state index contributed by atoms with van der Waals surface area (Å²) in [6.07, 6.45) is 6.08. The third kappa shape index (κ3) is 4.27. The monoisotopic (exact) mass is 185 g/mol. The predicted molar refractivity (Wildman–Crippen MR) is 51.4 cm³/mol. The van der Waals surface area contributed by atoms with E-state index >= 15 is 0 Å². The van der Waals surface area contributed by atoms with Crippen molar-refractivity contribution in [2.75, 3.05) is 6.54 Å². The molecule has 0 aromatic rings. The van der Waals surface area contributed by atoms with Crippen LogP contribution in [0.4, 0.5) is 0 Å². The van der Waals surface area contributed by atoms with Crippen LogP contribution in [0.3, 0.4) is 0 Å². The van der Waals surface area contributed by atoms with Crippen LogP contribution < -0.4 is 5.73 Å². The van der Waals surface area contributed by atoms with E-state index in [2.05, 4.69) is 0 Å². The first-order chi connectivity index (χ1) is 6.24. The Hall–Kier alpha value is -0.570. The minimum absolute atomic E-state index is 0.112. The Labute approximate surface area is 79.3 Å². The van der Waals surface area contributed by atoms with Crippen LogP contribution in [0.5, 0.6) is 0 Å². The maximum atomic E-state index is 10.8. The lowest BCUT2D eigenvalue weighted by Crippen LogP contribution is -2.14. The molecule has 0 bridgehead atoms. The molecule has 0 aromatic heterocycles. The second-order valence-electron chi connectivity index (χ2n) is 4.00. The van der Waals surface area contributed by atoms with Crippen molar-refractivity contribution < 1.29 is 9.90 Å². The summed E-state index contributed by atoms with van der Waals surface area (Å²) in [6.45, 7) is 0.676. The zero-order chi connectivity index (χ0) is 9.68. The van der Waals surface area contributed by atoms with E-state index in [9.17, 15) is 4.79 Å². The Kier molecular flexibility index (Phi) is 4.22. The molecule has 0 saturated heterocycles. The molecule has 13 heavy (non-hydrogen) atoms. The molecule has 1 aliphatic rings. The topological polar surface area (TPSA) is 63.3 Å². The van der Waals surface area contributed by atoms with Crippen LogP contribution in [0.2, 0.25) is 0 Å². The number of unbranched alkanes of at least 4 members (excludes halogenated alkanes) is 1. The van der Waals surface area contributed by atoms with Crippen LogP contribution in [0, 0.1) is 11.8 Å². The zero-order valence-electron chi connectivity index (χ0n) is 8.04. The van der Waals surface area contributed by atoms with Crippen LogP contribution in [0.1, 0.15) is 38.5 Å². The van der Waals surface area contributed by atoms with E-state index in [1.165, 1.54) is 12.8 Å². The van der Waals surface area contributed by atoms with Crippen molar-refractivity contribution in [3.63, 3.8) is 0 Å². The Bertz CT molecular complexity index is 166. The number of nitrogens with two attached hydrogens (primary N) is 1. The number of rotatable bonds is 7. The molecule has 1 atom stereocenters. The fourth-order valence-corrected chi connectivity index (χ4v) is 1.63. The molecule has 3 nitrogen and oxygen atoms in total. The molecule has 0 aromatic carbocycles. The third-order valence-electron chi connectivity index (χ3n) is 2.67. The SMILES string of the molecule is NCCCCC(CC1CC1)C(=O)O. The van der Waals surface area contributed by atoms with E-state index in [1.807, 2.05) is 0 Å². The number of aliphatic carboxylic acids is 1. The first kappa shape index (κ1) is 10.5. The maximum absolute atomic E-state index is 10.8. The second-order valence-corrected chi connectivity index (χ2v) is 4.00. The zero-order valence-corrected chi connectivity index (χ0v) is 8.04. The van der Waals surface area contributed by atoms with Crippen molar-refractivity contribution in [1.82, 2.24) is 0 Å². The van der Waals surface area contributed by atoms with Crippen molar-refractivity contribution in [3.8, 4) is 0 Å². The molecule has 1 unspecified atom stereocenters. The van der Waals surface area contributed by atoms with E-state index < -0.39 is 5.97 Å². The molecule has 0 amide bonds. The van der Waals surface area contributed by atoms with Crippen molar-refractivity contribution >= 4 is 5.97 Å². The Morgan fingerprint density at radius 1 is 1.46 bits per heavy atom. The van der Waals surface area contributed by atoms with Crippen LogP contribution in [0.15, 0.2) is 0 Å². The van der Waals surface area contributed by atoms with Gasteiger partial charge >= 0.3 is 5.97 Å². The highest BCUT2D eigenvalue weighted by atomic mass is 16.4. The highest BCUT2D eigenvalue weighted by Gasteiger charge is 2.28. The van der Waals surface area contributed by atoms with Gasteiger partial charge in [0.15, 0.2) is 0 Å². The quantitative estimate of drug-likeness (QED) is 0.592. The van der Waals surface area contributed by atoms with Gasteiger partial charge in [-0.2, -0.15) is 0 Å². The summed E-state index contributed by atoms with van der Waals surface area (Å²) in [6, 6.07) is 0. The molecule has 3 heteroatoms. The number of carboxylic acid groups (broad SMARTS) is 1. The van der Waals surface area contributed by atoms with Crippen LogP contribution in [-0.4, -0.2) is 17.6 Å². The Balaban J connectivity index is 2.16. The molecule has 0 spiro atoms. The average Bonchev–Trinajstić information content (AvgIpc) is 2.86. The largest absolute Gasteiger partial charge is 0.481 e. The first-order valence-corrected chi connectivity index (χ1v) is 5.17. The average molecular weight is 185 g/mol. The third-order valence-corrected chi connectivity index (χ3v) is 2.67. The number of carboxylic acids is 1. The van der Waals surface area contributed by atoms with Gasteiger partial charge in [-0.05, 0) is 31.7 Å². The summed E-state index contributed by atoms with van der Waals surface area (Å²) >= 11 is 0. The number of hydrogen-bond donors (Lipinski definition) is 2. The molecule has 0 aliphatic heterocycles. The van der Waals surface area contributed by atoms with Crippen LogP contribution >= 0.6 is 0 Å². The van der Waals surface area contributed by atoms with Crippen molar-refractivity contribution in [1.29, 1.82) is 0 Å². The van der Waals surface area contributed by atoms with Crippen molar-refractivity contribution in [2.24, 2.45) is 17.6 Å². The lowest BCUT2D eigenvalue weighted by Gasteiger charge is -2.10. The fourth-order valence-electron chi connectivity index (χ4n) is 1.63. The van der Waals surface area contributed by atoms with Gasteiger partial charge in [-0.3, -0.25) is 4.79 Å². The molecular weight excluding hydrogens is 166 g/mol. The standard InChI is InChI=1S/C10H19NO2/c11-6-2-1-3-9(10(12)13)7-8-4-5-8/h8-9H,1-7,11H2,(H,12,13). The molecule has 76 valence electrons. The molecule has 1 aliphatic carbocycles. The van der Waals surface area contributed by atoms with Gasteiger partial charge in [-0.25, -0.2) is 0 Å². The second kappa shape index (κ2) is 5.22. The van der Waals surface area contributed by atoms with E-state index in [1.54, 1.807) is 0 Å². The molecule has 3 N–H and O–H groups in total. The van der Waals surface area contributed by atoms with E-state index in [0.717, 1.165) is 25.7 Å². The van der Waals surface area contributed by atoms with Gasteiger partial charge in [-0.1, -0.05) is 19.3 Å². The van der Waals surface area contributed by atoms with Crippen LogP contribution in [-0.2, 0) is 4.79 Å². The van der Waals surface area contributed by atoms with Gasteiger partial charge in [0.1, 0.15) is 0 Å². The lowest BCUT2D eigenvalue weighted by atomic mass is 9.96. The van der Waals surface area contributed by atoms with E-state index in [4.69, 9.17) is 10.8 Å². The predicted octanol–water partition coefficient (Wildman–Crippen LogP) is 1.62. The summed E-state index contributed by atoms with van der Waals surface area (Å²) in [4.78, 5) is 10.8. The highest BCUT2D eigenvalue weighted by molar-refractivity contribution is 5.69. The van der Waals surface area contributed by atoms with Gasteiger partial charge in [0.25, 0.3) is 0 Å². The van der Waals surface area contributed by atoms with Gasteiger partial charge in [0, 0.05) is 0 Å². The molecule has 0 radical (unpaired) electrons. The molecule has 1 saturated carbocycles. The van der Waals surface area contributed by atoms with Gasteiger partial charge in [0.2, 0.25) is 0 Å².